The van der Waals surface area contributed by atoms with Gasteiger partial charge in [-0.25, -0.2) is 4.39 Å². The lowest BCUT2D eigenvalue weighted by Gasteiger charge is -2.32. The summed E-state index contributed by atoms with van der Waals surface area (Å²) in [5.41, 5.74) is 0. The van der Waals surface area contributed by atoms with Crippen molar-refractivity contribution in [2.75, 3.05) is 19.7 Å². The number of carbonyl (C=O) groups is 1. The fraction of sp³-hybridized carbons (Fsp3) is 0.409. The van der Waals surface area contributed by atoms with E-state index in [1.807, 2.05) is 30.3 Å². The Morgan fingerprint density at radius 3 is 2.23 bits per heavy atom. The Labute approximate surface area is 154 Å². The molecule has 3 nitrogen and oxygen atoms in total. The van der Waals surface area contributed by atoms with E-state index in [2.05, 4.69) is 4.90 Å². The molecule has 0 spiro atoms. The van der Waals surface area contributed by atoms with Crippen LogP contribution < -0.4 is 4.74 Å². The summed E-state index contributed by atoms with van der Waals surface area (Å²) < 4.78 is 17.7. The Kier molecular flexibility index (Phi) is 6.64. The van der Waals surface area contributed by atoms with Gasteiger partial charge in [0.2, 0.25) is 5.91 Å². The number of hydrogen-bond donors (Lipinski definition) is 0. The molecule has 0 bridgehead atoms. The predicted molar refractivity (Wildman–Crippen MR) is 100 cm³/mol. The van der Waals surface area contributed by atoms with Gasteiger partial charge in [-0.2, -0.15) is 0 Å². The molecule has 1 saturated carbocycles. The van der Waals surface area contributed by atoms with Crippen LogP contribution in [0.3, 0.4) is 0 Å². The minimum atomic E-state index is -0.178. The highest BCUT2D eigenvalue weighted by atomic mass is 19.1. The van der Waals surface area contributed by atoms with E-state index in [0.717, 1.165) is 44.7 Å². The lowest BCUT2D eigenvalue weighted by Crippen LogP contribution is -2.42. The number of benzene rings is 2. The van der Waals surface area contributed by atoms with Crippen LogP contribution in [0.5, 0.6) is 5.75 Å². The summed E-state index contributed by atoms with van der Waals surface area (Å²) >= 11 is 0. The standard InChI is InChI=1S/C16H21NO2.C6H5F/c18-16(14-8-9-14)17-10-4-5-13(11-17)12-19-15-6-2-1-3-7-15;7-6-4-2-1-3-5-6/h1-3,6-7,13-14H,4-5,8-12H2;1-5H. The van der Waals surface area contributed by atoms with Gasteiger partial charge in [-0.05, 0) is 49.9 Å². The van der Waals surface area contributed by atoms with Crippen molar-refractivity contribution in [3.8, 4) is 5.75 Å². The first-order valence-corrected chi connectivity index (χ1v) is 9.39. The third-order valence-corrected chi connectivity index (χ3v) is 4.72. The van der Waals surface area contributed by atoms with Crippen molar-refractivity contribution in [2.24, 2.45) is 11.8 Å². The van der Waals surface area contributed by atoms with Gasteiger partial charge in [-0.15, -0.1) is 0 Å². The highest BCUT2D eigenvalue weighted by Crippen LogP contribution is 2.32. The van der Waals surface area contributed by atoms with Crippen LogP contribution in [0.4, 0.5) is 4.39 Å². The Hall–Kier alpha value is -2.36. The van der Waals surface area contributed by atoms with Crippen molar-refractivity contribution >= 4 is 5.91 Å². The van der Waals surface area contributed by atoms with Gasteiger partial charge in [0.05, 0.1) is 6.61 Å². The maximum Gasteiger partial charge on any atom is 0.225 e. The van der Waals surface area contributed by atoms with Gasteiger partial charge in [0.25, 0.3) is 0 Å². The lowest BCUT2D eigenvalue weighted by atomic mass is 9.98. The molecule has 4 rings (SSSR count). The van der Waals surface area contributed by atoms with E-state index in [-0.39, 0.29) is 5.82 Å². The Morgan fingerprint density at radius 1 is 1.00 bits per heavy atom. The number of nitrogens with zero attached hydrogens (tertiary/aromatic N) is 1. The summed E-state index contributed by atoms with van der Waals surface area (Å²) in [5, 5.41) is 0. The Balaban J connectivity index is 0.000000236. The highest BCUT2D eigenvalue weighted by Gasteiger charge is 2.35. The average Bonchev–Trinajstić information content (AvgIpc) is 3.53. The topological polar surface area (TPSA) is 29.5 Å². The second-order valence-electron chi connectivity index (χ2n) is 6.99. The smallest absolute Gasteiger partial charge is 0.225 e. The van der Waals surface area contributed by atoms with Gasteiger partial charge in [-0.1, -0.05) is 36.4 Å². The average molecular weight is 355 g/mol. The number of piperidine rings is 1. The molecule has 2 aromatic rings. The molecule has 0 N–H and O–H groups in total. The summed E-state index contributed by atoms with van der Waals surface area (Å²) in [6, 6.07) is 17.9. The first kappa shape index (κ1) is 18.4. The van der Waals surface area contributed by atoms with Gasteiger partial charge in [0.1, 0.15) is 11.6 Å². The van der Waals surface area contributed by atoms with Crippen LogP contribution in [0.1, 0.15) is 25.7 Å². The van der Waals surface area contributed by atoms with Crippen LogP contribution in [-0.4, -0.2) is 30.5 Å². The van der Waals surface area contributed by atoms with Crippen molar-refractivity contribution < 1.29 is 13.9 Å². The largest absolute Gasteiger partial charge is 0.493 e. The van der Waals surface area contributed by atoms with Crippen LogP contribution in [0.25, 0.3) is 0 Å². The molecule has 26 heavy (non-hydrogen) atoms. The molecule has 1 unspecified atom stereocenters. The van der Waals surface area contributed by atoms with E-state index >= 15 is 0 Å². The zero-order chi connectivity index (χ0) is 18.2. The van der Waals surface area contributed by atoms with Crippen LogP contribution in [0.2, 0.25) is 0 Å². The second kappa shape index (κ2) is 9.37. The number of hydrogen-bond acceptors (Lipinski definition) is 2. The van der Waals surface area contributed by atoms with Crippen molar-refractivity contribution in [3.05, 3.63) is 66.5 Å². The van der Waals surface area contributed by atoms with Gasteiger partial charge >= 0.3 is 0 Å². The summed E-state index contributed by atoms with van der Waals surface area (Å²) in [4.78, 5) is 14.1. The fourth-order valence-corrected chi connectivity index (χ4v) is 3.14. The Morgan fingerprint density at radius 2 is 1.65 bits per heavy atom. The molecule has 0 radical (unpaired) electrons. The number of halogens is 1. The molecule has 1 aliphatic heterocycles. The quantitative estimate of drug-likeness (QED) is 0.806. The maximum absolute atomic E-state index is 12.1. The zero-order valence-corrected chi connectivity index (χ0v) is 15.0. The SMILES string of the molecule is Fc1ccccc1.O=C(C1CC1)N1CCCC(COc2ccccc2)C1. The monoisotopic (exact) mass is 355 g/mol. The zero-order valence-electron chi connectivity index (χ0n) is 15.0. The van der Waals surface area contributed by atoms with E-state index in [9.17, 15) is 9.18 Å². The molecule has 4 heteroatoms. The lowest BCUT2D eigenvalue weighted by molar-refractivity contribution is -0.134. The Bertz CT molecular complexity index is 673. The first-order valence-electron chi connectivity index (χ1n) is 9.39. The number of rotatable bonds is 4. The van der Waals surface area contributed by atoms with E-state index in [1.165, 1.54) is 18.6 Å². The molecule has 2 fully saturated rings. The van der Waals surface area contributed by atoms with Crippen LogP contribution in [-0.2, 0) is 4.79 Å². The summed E-state index contributed by atoms with van der Waals surface area (Å²) in [6.07, 6.45) is 4.48. The van der Waals surface area contributed by atoms with Crippen LogP contribution in [0, 0.1) is 17.7 Å². The van der Waals surface area contributed by atoms with E-state index < -0.39 is 0 Å². The summed E-state index contributed by atoms with van der Waals surface area (Å²) in [5.74, 6) is 1.95. The van der Waals surface area contributed by atoms with E-state index in [1.54, 1.807) is 18.2 Å². The van der Waals surface area contributed by atoms with E-state index in [4.69, 9.17) is 4.74 Å². The molecule has 1 aliphatic carbocycles. The number of carbonyl (C=O) groups excluding carboxylic acids is 1. The van der Waals surface area contributed by atoms with E-state index in [0.29, 0.717) is 17.7 Å². The molecule has 2 aliphatic rings. The van der Waals surface area contributed by atoms with Crippen molar-refractivity contribution in [1.82, 2.24) is 4.90 Å². The van der Waals surface area contributed by atoms with Crippen LogP contribution in [0.15, 0.2) is 60.7 Å². The van der Waals surface area contributed by atoms with Gasteiger partial charge < -0.3 is 9.64 Å². The normalized spacial score (nSPS) is 19.3. The molecule has 1 heterocycles. The summed E-state index contributed by atoms with van der Waals surface area (Å²) in [6.45, 7) is 2.54. The number of para-hydroxylation sites is 1. The fourth-order valence-electron chi connectivity index (χ4n) is 3.14. The molecule has 2 aromatic carbocycles. The third-order valence-electron chi connectivity index (χ3n) is 4.72. The molecule has 0 aromatic heterocycles. The van der Waals surface area contributed by atoms with Crippen molar-refractivity contribution in [3.63, 3.8) is 0 Å². The molecule has 1 saturated heterocycles. The molecule has 1 amide bonds. The molecule has 1 atom stereocenters. The minimum Gasteiger partial charge on any atom is -0.493 e. The predicted octanol–water partition coefficient (Wildman–Crippen LogP) is 4.54. The molecular weight excluding hydrogens is 329 g/mol. The highest BCUT2D eigenvalue weighted by molar-refractivity contribution is 5.81. The number of ether oxygens (including phenoxy) is 1. The third kappa shape index (κ3) is 5.87. The molecule has 138 valence electrons. The number of amides is 1. The summed E-state index contributed by atoms with van der Waals surface area (Å²) in [7, 11) is 0. The second-order valence-corrected chi connectivity index (χ2v) is 6.99. The van der Waals surface area contributed by atoms with Crippen molar-refractivity contribution in [2.45, 2.75) is 25.7 Å². The van der Waals surface area contributed by atoms with Gasteiger partial charge in [-0.3, -0.25) is 4.79 Å². The van der Waals surface area contributed by atoms with Crippen molar-refractivity contribution in [1.29, 1.82) is 0 Å². The minimum absolute atomic E-state index is 0.178. The van der Waals surface area contributed by atoms with Gasteiger partial charge in [0, 0.05) is 24.9 Å². The van der Waals surface area contributed by atoms with Gasteiger partial charge in [0.15, 0.2) is 0 Å². The van der Waals surface area contributed by atoms with Crippen LogP contribution >= 0.6 is 0 Å². The first-order chi connectivity index (χ1) is 12.7. The molecular formula is C22H26FNO2. The number of likely N-dealkylation sites (tertiary alicyclic amines) is 1. The maximum atomic E-state index is 12.1.